The van der Waals surface area contributed by atoms with Crippen LogP contribution < -0.4 is 5.32 Å². The maximum Gasteiger partial charge on any atom is 0.416 e. The fraction of sp³-hybridized carbons (Fsp3) is 0.533. The summed E-state index contributed by atoms with van der Waals surface area (Å²) < 4.78 is 38.6. The van der Waals surface area contributed by atoms with Crippen molar-refractivity contribution < 1.29 is 18.0 Å². The molecule has 1 saturated carbocycles. The van der Waals surface area contributed by atoms with Crippen molar-refractivity contribution in [3.63, 3.8) is 0 Å². The Balaban J connectivity index is 2.25. The molecule has 0 bridgehead atoms. The second-order valence-corrected chi connectivity index (χ2v) is 7.40. The molecule has 2 nitrogen and oxygen atoms in total. The summed E-state index contributed by atoms with van der Waals surface area (Å²) in [6.45, 7) is 8.11. The van der Waals surface area contributed by atoms with Crippen molar-refractivity contribution >= 4 is 21.8 Å². The third kappa shape index (κ3) is 2.70. The Labute approximate surface area is 130 Å². The van der Waals surface area contributed by atoms with E-state index in [2.05, 4.69) is 21.2 Å². The van der Waals surface area contributed by atoms with Gasteiger partial charge in [-0.1, -0.05) is 27.7 Å². The summed E-state index contributed by atoms with van der Waals surface area (Å²) >= 11 is 3.14. The largest absolute Gasteiger partial charge is 0.416 e. The predicted octanol–water partition coefficient (Wildman–Crippen LogP) is 4.63. The predicted molar refractivity (Wildman–Crippen MR) is 78.0 cm³/mol. The summed E-state index contributed by atoms with van der Waals surface area (Å²) in [4.78, 5) is 12.3. The third-order valence-electron chi connectivity index (χ3n) is 4.83. The Kier molecular flexibility index (Phi) is 3.68. The van der Waals surface area contributed by atoms with Crippen LogP contribution in [0.4, 0.5) is 13.2 Å². The van der Waals surface area contributed by atoms with Crippen LogP contribution in [-0.2, 0) is 6.18 Å². The molecule has 1 aromatic carbocycles. The third-order valence-corrected chi connectivity index (χ3v) is 5.53. The SMILES string of the molecule is CC1(C)C(NC(=O)c2cc(C(F)(F)F)ccc2Br)C1(C)C. The Morgan fingerprint density at radius 2 is 1.71 bits per heavy atom. The van der Waals surface area contributed by atoms with Crippen LogP contribution in [0.3, 0.4) is 0 Å². The van der Waals surface area contributed by atoms with Crippen molar-refractivity contribution in [2.45, 2.75) is 39.9 Å². The molecular weight excluding hydrogens is 347 g/mol. The van der Waals surface area contributed by atoms with Gasteiger partial charge in [0.05, 0.1) is 11.1 Å². The first-order valence-corrected chi connectivity index (χ1v) is 7.36. The van der Waals surface area contributed by atoms with Gasteiger partial charge in [0.1, 0.15) is 0 Å². The van der Waals surface area contributed by atoms with Crippen LogP contribution in [0.25, 0.3) is 0 Å². The van der Waals surface area contributed by atoms with E-state index in [0.717, 1.165) is 12.1 Å². The first kappa shape index (κ1) is 16.3. The standard InChI is InChI=1S/C15H17BrF3NO/c1-13(2)12(14(13,3)4)20-11(21)9-7-8(15(17,18)19)5-6-10(9)16/h5-7,12H,1-4H3,(H,20,21). The second kappa shape index (κ2) is 4.73. The van der Waals surface area contributed by atoms with Gasteiger partial charge >= 0.3 is 6.18 Å². The summed E-state index contributed by atoms with van der Waals surface area (Å²) in [5.41, 5.74) is -0.971. The molecule has 1 aromatic rings. The smallest absolute Gasteiger partial charge is 0.348 e. The van der Waals surface area contributed by atoms with Crippen LogP contribution in [0, 0.1) is 10.8 Å². The Morgan fingerprint density at radius 1 is 1.19 bits per heavy atom. The molecule has 1 aliphatic rings. The minimum atomic E-state index is -4.46. The highest BCUT2D eigenvalue weighted by Gasteiger charge is 2.65. The molecule has 2 rings (SSSR count). The van der Waals surface area contributed by atoms with Gasteiger partial charge < -0.3 is 5.32 Å². The molecule has 116 valence electrons. The van der Waals surface area contributed by atoms with E-state index in [-0.39, 0.29) is 22.4 Å². The lowest BCUT2D eigenvalue weighted by molar-refractivity contribution is -0.137. The highest BCUT2D eigenvalue weighted by Crippen LogP contribution is 2.62. The topological polar surface area (TPSA) is 29.1 Å². The number of carbonyl (C=O) groups is 1. The van der Waals surface area contributed by atoms with Crippen LogP contribution in [0.5, 0.6) is 0 Å². The minimum absolute atomic E-state index is 0.00308. The van der Waals surface area contributed by atoms with Gasteiger partial charge in [0.15, 0.2) is 0 Å². The number of halogens is 4. The zero-order valence-electron chi connectivity index (χ0n) is 12.2. The van der Waals surface area contributed by atoms with E-state index in [1.165, 1.54) is 6.07 Å². The molecule has 0 radical (unpaired) electrons. The van der Waals surface area contributed by atoms with Gasteiger partial charge in [-0.05, 0) is 45.0 Å². The van der Waals surface area contributed by atoms with E-state index in [0.29, 0.717) is 4.47 Å². The Morgan fingerprint density at radius 3 is 2.14 bits per heavy atom. The van der Waals surface area contributed by atoms with Gasteiger partial charge in [-0.2, -0.15) is 13.2 Å². The quantitative estimate of drug-likeness (QED) is 0.815. The summed E-state index contributed by atoms with van der Waals surface area (Å²) in [5, 5.41) is 2.83. The van der Waals surface area contributed by atoms with Gasteiger partial charge in [0.2, 0.25) is 0 Å². The summed E-state index contributed by atoms with van der Waals surface area (Å²) in [6, 6.07) is 3.02. The Bertz CT molecular complexity index is 579. The van der Waals surface area contributed by atoms with Crippen LogP contribution in [-0.4, -0.2) is 11.9 Å². The van der Waals surface area contributed by atoms with E-state index in [1.54, 1.807) is 0 Å². The van der Waals surface area contributed by atoms with Gasteiger partial charge in [-0.3, -0.25) is 4.79 Å². The zero-order chi connectivity index (χ0) is 16.2. The fourth-order valence-electron chi connectivity index (χ4n) is 2.64. The van der Waals surface area contributed by atoms with Crippen LogP contribution >= 0.6 is 15.9 Å². The monoisotopic (exact) mass is 363 g/mol. The first-order chi connectivity index (χ1) is 9.39. The van der Waals surface area contributed by atoms with Crippen molar-refractivity contribution in [1.82, 2.24) is 5.32 Å². The molecule has 1 N–H and O–H groups in total. The van der Waals surface area contributed by atoms with E-state index in [9.17, 15) is 18.0 Å². The fourth-order valence-corrected chi connectivity index (χ4v) is 3.07. The maximum absolute atomic E-state index is 12.7. The van der Waals surface area contributed by atoms with Crippen molar-refractivity contribution in [2.24, 2.45) is 10.8 Å². The van der Waals surface area contributed by atoms with Crippen molar-refractivity contribution in [1.29, 1.82) is 0 Å². The van der Waals surface area contributed by atoms with E-state index in [4.69, 9.17) is 0 Å². The number of amides is 1. The summed E-state index contributed by atoms with van der Waals surface area (Å²) in [6.07, 6.45) is -4.46. The van der Waals surface area contributed by atoms with Crippen molar-refractivity contribution in [3.05, 3.63) is 33.8 Å². The average molecular weight is 364 g/mol. The van der Waals surface area contributed by atoms with Gasteiger partial charge in [-0.25, -0.2) is 0 Å². The number of hydrogen-bond donors (Lipinski definition) is 1. The highest BCUT2D eigenvalue weighted by molar-refractivity contribution is 9.10. The number of benzene rings is 1. The molecule has 0 aliphatic heterocycles. The number of hydrogen-bond acceptors (Lipinski definition) is 1. The molecule has 21 heavy (non-hydrogen) atoms. The molecule has 1 fully saturated rings. The van der Waals surface area contributed by atoms with E-state index >= 15 is 0 Å². The lowest BCUT2D eigenvalue weighted by atomic mass is 10.0. The first-order valence-electron chi connectivity index (χ1n) is 6.56. The molecule has 6 heteroatoms. The van der Waals surface area contributed by atoms with Gasteiger partial charge in [0, 0.05) is 10.5 Å². The molecule has 0 heterocycles. The average Bonchev–Trinajstić information content (AvgIpc) is 2.70. The normalized spacial score (nSPS) is 20.2. The lowest BCUT2D eigenvalue weighted by Gasteiger charge is -2.12. The molecule has 0 saturated heterocycles. The summed E-state index contributed by atoms with van der Waals surface area (Å²) in [7, 11) is 0. The lowest BCUT2D eigenvalue weighted by Crippen LogP contribution is -2.30. The van der Waals surface area contributed by atoms with Crippen LogP contribution in [0.15, 0.2) is 22.7 Å². The molecule has 1 amide bonds. The zero-order valence-corrected chi connectivity index (χ0v) is 13.8. The molecular formula is C15H17BrF3NO. The van der Waals surface area contributed by atoms with Gasteiger partial charge in [0.25, 0.3) is 5.91 Å². The Hall–Kier alpha value is -1.04. The van der Waals surface area contributed by atoms with E-state index < -0.39 is 17.6 Å². The summed E-state index contributed by atoms with van der Waals surface area (Å²) in [5.74, 6) is -0.489. The highest BCUT2D eigenvalue weighted by atomic mass is 79.9. The minimum Gasteiger partial charge on any atom is -0.348 e. The van der Waals surface area contributed by atoms with Crippen molar-refractivity contribution in [2.75, 3.05) is 0 Å². The molecule has 1 aliphatic carbocycles. The molecule has 0 atom stereocenters. The van der Waals surface area contributed by atoms with Crippen LogP contribution in [0.2, 0.25) is 0 Å². The maximum atomic E-state index is 12.7. The molecule has 0 unspecified atom stereocenters. The number of nitrogens with one attached hydrogen (secondary N) is 1. The molecule has 0 aromatic heterocycles. The van der Waals surface area contributed by atoms with Crippen molar-refractivity contribution in [3.8, 4) is 0 Å². The van der Waals surface area contributed by atoms with Crippen LogP contribution in [0.1, 0.15) is 43.6 Å². The van der Waals surface area contributed by atoms with E-state index in [1.807, 2.05) is 27.7 Å². The molecule has 0 spiro atoms. The second-order valence-electron chi connectivity index (χ2n) is 6.54. The number of alkyl halides is 3. The van der Waals surface area contributed by atoms with Gasteiger partial charge in [-0.15, -0.1) is 0 Å². The number of rotatable bonds is 2. The number of carbonyl (C=O) groups excluding carboxylic acids is 1.